The van der Waals surface area contributed by atoms with E-state index in [1.807, 2.05) is 25.7 Å². The fourth-order valence-corrected chi connectivity index (χ4v) is 2.98. The molecule has 0 bridgehead atoms. The Morgan fingerprint density at radius 3 is 2.00 bits per heavy atom. The van der Waals surface area contributed by atoms with Gasteiger partial charge in [-0.15, -0.1) is 0 Å². The van der Waals surface area contributed by atoms with Crippen molar-refractivity contribution in [2.24, 2.45) is 0 Å². The molecule has 1 rings (SSSR count). The van der Waals surface area contributed by atoms with Gasteiger partial charge < -0.3 is 10.4 Å². The lowest BCUT2D eigenvalue weighted by molar-refractivity contribution is 0.196. The first kappa shape index (κ1) is 16.5. The Bertz CT molecular complexity index is 362. The fourth-order valence-electron chi connectivity index (χ4n) is 1.85. The molecule has 0 aliphatic carbocycles. The van der Waals surface area contributed by atoms with Crippen molar-refractivity contribution in [2.75, 3.05) is 12.8 Å². The van der Waals surface area contributed by atoms with Gasteiger partial charge in [0.25, 0.3) is 0 Å². The van der Waals surface area contributed by atoms with Crippen molar-refractivity contribution in [1.29, 1.82) is 0 Å². The van der Waals surface area contributed by atoms with E-state index in [1.165, 1.54) is 11.1 Å². The lowest BCUT2D eigenvalue weighted by Crippen LogP contribution is -2.22. The molecule has 3 atom stereocenters. The first-order valence-electron chi connectivity index (χ1n) is 7.02. The summed E-state index contributed by atoms with van der Waals surface area (Å²) in [6, 6.07) is 9.20. The SMILES string of the molecule is CNC(CSC(C)C(C)O)c1ccc(C(C)C)cc1. The lowest BCUT2D eigenvalue weighted by atomic mass is 10.00. The maximum Gasteiger partial charge on any atom is 0.0628 e. The minimum absolute atomic E-state index is 0.258. The van der Waals surface area contributed by atoms with Gasteiger partial charge in [-0.1, -0.05) is 45.0 Å². The molecular weight excluding hydrogens is 254 g/mol. The number of hydrogen-bond donors (Lipinski definition) is 2. The summed E-state index contributed by atoms with van der Waals surface area (Å²) in [6.45, 7) is 8.35. The van der Waals surface area contributed by atoms with Crippen LogP contribution < -0.4 is 5.32 Å². The molecule has 0 aromatic heterocycles. The van der Waals surface area contributed by atoms with Crippen LogP contribution in [0.15, 0.2) is 24.3 Å². The minimum Gasteiger partial charge on any atom is -0.392 e. The second-order valence-corrected chi connectivity index (χ2v) is 6.85. The van der Waals surface area contributed by atoms with Crippen LogP contribution in [0.2, 0.25) is 0 Å². The molecule has 2 nitrogen and oxygen atoms in total. The van der Waals surface area contributed by atoms with Gasteiger partial charge >= 0.3 is 0 Å². The smallest absolute Gasteiger partial charge is 0.0628 e. The van der Waals surface area contributed by atoms with Crippen LogP contribution in [0.5, 0.6) is 0 Å². The van der Waals surface area contributed by atoms with Gasteiger partial charge in [-0.25, -0.2) is 0 Å². The van der Waals surface area contributed by atoms with Crippen molar-refractivity contribution in [3.63, 3.8) is 0 Å². The Labute approximate surface area is 122 Å². The van der Waals surface area contributed by atoms with Crippen molar-refractivity contribution in [3.05, 3.63) is 35.4 Å². The van der Waals surface area contributed by atoms with Gasteiger partial charge in [0.1, 0.15) is 0 Å². The highest BCUT2D eigenvalue weighted by atomic mass is 32.2. The molecule has 0 spiro atoms. The predicted octanol–water partition coefficient (Wildman–Crippen LogP) is 3.57. The number of aliphatic hydroxyl groups is 1. The number of thioether (sulfide) groups is 1. The number of rotatable bonds is 7. The maximum atomic E-state index is 9.53. The average molecular weight is 281 g/mol. The van der Waals surface area contributed by atoms with E-state index >= 15 is 0 Å². The summed E-state index contributed by atoms with van der Waals surface area (Å²) in [4.78, 5) is 0. The number of nitrogens with one attached hydrogen (secondary N) is 1. The molecule has 2 N–H and O–H groups in total. The fraction of sp³-hybridized carbons (Fsp3) is 0.625. The van der Waals surface area contributed by atoms with Gasteiger partial charge in [-0.2, -0.15) is 11.8 Å². The zero-order chi connectivity index (χ0) is 14.4. The molecule has 3 heteroatoms. The van der Waals surface area contributed by atoms with E-state index in [-0.39, 0.29) is 11.4 Å². The maximum absolute atomic E-state index is 9.53. The summed E-state index contributed by atoms with van der Waals surface area (Å²) in [6.07, 6.45) is -0.258. The van der Waals surface area contributed by atoms with E-state index in [9.17, 15) is 5.11 Å². The molecule has 0 aliphatic heterocycles. The molecule has 0 heterocycles. The van der Waals surface area contributed by atoms with Crippen LogP contribution in [0.25, 0.3) is 0 Å². The average Bonchev–Trinajstić information content (AvgIpc) is 2.39. The molecule has 0 radical (unpaired) electrons. The molecule has 0 saturated heterocycles. The van der Waals surface area contributed by atoms with Crippen molar-refractivity contribution in [3.8, 4) is 0 Å². The van der Waals surface area contributed by atoms with E-state index in [0.717, 1.165) is 5.75 Å². The third kappa shape index (κ3) is 5.17. The summed E-state index contributed by atoms with van der Waals surface area (Å²) >= 11 is 1.81. The van der Waals surface area contributed by atoms with Gasteiger partial charge in [0, 0.05) is 17.0 Å². The first-order valence-corrected chi connectivity index (χ1v) is 8.07. The Morgan fingerprint density at radius 1 is 1.05 bits per heavy atom. The lowest BCUT2D eigenvalue weighted by Gasteiger charge is -2.21. The summed E-state index contributed by atoms with van der Waals surface area (Å²) in [5.74, 6) is 1.55. The van der Waals surface area contributed by atoms with Crippen LogP contribution in [0.3, 0.4) is 0 Å². The summed E-state index contributed by atoms with van der Waals surface area (Å²) < 4.78 is 0. The quantitative estimate of drug-likeness (QED) is 0.801. The predicted molar refractivity (Wildman–Crippen MR) is 85.9 cm³/mol. The molecule has 108 valence electrons. The minimum atomic E-state index is -0.258. The van der Waals surface area contributed by atoms with Gasteiger partial charge in [0.15, 0.2) is 0 Å². The van der Waals surface area contributed by atoms with E-state index < -0.39 is 0 Å². The second kappa shape index (κ2) is 7.93. The zero-order valence-electron chi connectivity index (χ0n) is 12.7. The Morgan fingerprint density at radius 2 is 1.58 bits per heavy atom. The summed E-state index contributed by atoms with van der Waals surface area (Å²) in [5.41, 5.74) is 2.70. The molecule has 0 fully saturated rings. The van der Waals surface area contributed by atoms with Crippen molar-refractivity contribution >= 4 is 11.8 Å². The molecule has 1 aromatic rings. The van der Waals surface area contributed by atoms with Gasteiger partial charge in [-0.3, -0.25) is 0 Å². The topological polar surface area (TPSA) is 32.3 Å². The van der Waals surface area contributed by atoms with Crippen molar-refractivity contribution in [2.45, 2.75) is 51.0 Å². The largest absolute Gasteiger partial charge is 0.392 e. The van der Waals surface area contributed by atoms with Crippen LogP contribution in [0, 0.1) is 0 Å². The van der Waals surface area contributed by atoms with Gasteiger partial charge in [0.2, 0.25) is 0 Å². The van der Waals surface area contributed by atoms with E-state index in [2.05, 4.69) is 50.4 Å². The molecular formula is C16H27NOS. The highest BCUT2D eigenvalue weighted by Gasteiger charge is 2.14. The van der Waals surface area contributed by atoms with Crippen LogP contribution >= 0.6 is 11.8 Å². The van der Waals surface area contributed by atoms with E-state index in [4.69, 9.17) is 0 Å². The van der Waals surface area contributed by atoms with Crippen molar-refractivity contribution in [1.82, 2.24) is 5.32 Å². The molecule has 19 heavy (non-hydrogen) atoms. The van der Waals surface area contributed by atoms with Gasteiger partial charge in [0.05, 0.1) is 6.10 Å². The standard InChI is InChI=1S/C16H27NOS/c1-11(2)14-6-8-15(9-7-14)16(17-5)10-19-13(4)12(3)18/h6-9,11-13,16-18H,10H2,1-5H3. The highest BCUT2D eigenvalue weighted by Crippen LogP contribution is 2.24. The van der Waals surface area contributed by atoms with E-state index in [0.29, 0.717) is 12.0 Å². The third-order valence-corrected chi connectivity index (χ3v) is 5.00. The Hall–Kier alpha value is -0.510. The molecule has 0 amide bonds. The van der Waals surface area contributed by atoms with Gasteiger partial charge in [-0.05, 0) is 31.0 Å². The number of benzene rings is 1. The Balaban J connectivity index is 2.64. The van der Waals surface area contributed by atoms with Crippen LogP contribution in [-0.4, -0.2) is 29.3 Å². The normalized spacial score (nSPS) is 16.4. The van der Waals surface area contributed by atoms with Crippen LogP contribution in [0.1, 0.15) is 50.8 Å². The van der Waals surface area contributed by atoms with Crippen molar-refractivity contribution < 1.29 is 5.11 Å². The van der Waals surface area contributed by atoms with Crippen LogP contribution in [0.4, 0.5) is 0 Å². The van der Waals surface area contributed by atoms with Crippen LogP contribution in [-0.2, 0) is 0 Å². The first-order chi connectivity index (χ1) is 8.95. The molecule has 0 aliphatic rings. The molecule has 0 saturated carbocycles. The third-order valence-electron chi connectivity index (χ3n) is 3.56. The van der Waals surface area contributed by atoms with E-state index in [1.54, 1.807) is 0 Å². The Kier molecular flexibility index (Phi) is 6.90. The molecule has 3 unspecified atom stereocenters. The summed E-state index contributed by atoms with van der Waals surface area (Å²) in [5, 5.41) is 13.2. The molecule has 1 aromatic carbocycles. The monoisotopic (exact) mass is 281 g/mol. The zero-order valence-corrected chi connectivity index (χ0v) is 13.5. The highest BCUT2D eigenvalue weighted by molar-refractivity contribution is 7.99. The number of aliphatic hydroxyl groups excluding tert-OH is 1. The number of hydrogen-bond acceptors (Lipinski definition) is 3. The second-order valence-electron chi connectivity index (χ2n) is 5.44. The summed E-state index contributed by atoms with van der Waals surface area (Å²) in [7, 11) is 1.99.